The number of aryl methyl sites for hydroxylation is 2. The standard InChI is InChI=1S/C11H15N3O4/c1-6-8(9(17-4)14(3)12-6)7-5-11(2,10(15)16)18-13-7/h5H2,1-4H3,(H,15,16). The molecule has 7 nitrogen and oxygen atoms in total. The normalized spacial score (nSPS) is 22.6. The third-order valence-electron chi connectivity index (χ3n) is 2.97. The third kappa shape index (κ3) is 1.71. The Morgan fingerprint density at radius 2 is 2.28 bits per heavy atom. The van der Waals surface area contributed by atoms with Crippen molar-refractivity contribution in [1.29, 1.82) is 0 Å². The van der Waals surface area contributed by atoms with Crippen LogP contribution in [0.5, 0.6) is 5.88 Å². The first-order chi connectivity index (χ1) is 8.39. The average Bonchev–Trinajstić information content (AvgIpc) is 2.80. The van der Waals surface area contributed by atoms with E-state index in [4.69, 9.17) is 14.7 Å². The van der Waals surface area contributed by atoms with Gasteiger partial charge in [0.05, 0.1) is 24.1 Å². The highest BCUT2D eigenvalue weighted by atomic mass is 16.7. The molecule has 0 fully saturated rings. The summed E-state index contributed by atoms with van der Waals surface area (Å²) in [5.41, 5.74) is 0.654. The molecule has 0 radical (unpaired) electrons. The van der Waals surface area contributed by atoms with Gasteiger partial charge in [-0.2, -0.15) is 5.10 Å². The van der Waals surface area contributed by atoms with Crippen molar-refractivity contribution >= 4 is 11.7 Å². The topological polar surface area (TPSA) is 85.9 Å². The molecule has 7 heteroatoms. The van der Waals surface area contributed by atoms with E-state index in [1.807, 2.05) is 6.92 Å². The van der Waals surface area contributed by atoms with Gasteiger partial charge in [0.15, 0.2) is 0 Å². The summed E-state index contributed by atoms with van der Waals surface area (Å²) >= 11 is 0. The van der Waals surface area contributed by atoms with Crippen LogP contribution in [-0.4, -0.2) is 39.3 Å². The Labute approximate surface area is 104 Å². The summed E-state index contributed by atoms with van der Waals surface area (Å²) in [6.45, 7) is 3.31. The molecule has 2 heterocycles. The van der Waals surface area contributed by atoms with Crippen molar-refractivity contribution in [3.63, 3.8) is 0 Å². The number of oxime groups is 1. The fraction of sp³-hybridized carbons (Fsp3) is 0.545. The van der Waals surface area contributed by atoms with Gasteiger partial charge in [0.25, 0.3) is 0 Å². The Bertz CT molecular complexity index is 535. The first kappa shape index (κ1) is 12.4. The van der Waals surface area contributed by atoms with Gasteiger partial charge >= 0.3 is 5.97 Å². The highest BCUT2D eigenvalue weighted by molar-refractivity contribution is 6.06. The van der Waals surface area contributed by atoms with Crippen LogP contribution in [0.1, 0.15) is 24.6 Å². The molecule has 0 aromatic carbocycles. The summed E-state index contributed by atoms with van der Waals surface area (Å²) in [5.74, 6) is -0.494. The van der Waals surface area contributed by atoms with Crippen LogP contribution < -0.4 is 4.74 Å². The van der Waals surface area contributed by atoms with Gasteiger partial charge in [-0.3, -0.25) is 0 Å². The van der Waals surface area contributed by atoms with Gasteiger partial charge in [0, 0.05) is 13.5 Å². The van der Waals surface area contributed by atoms with Gasteiger partial charge in [-0.1, -0.05) is 5.16 Å². The van der Waals surface area contributed by atoms with Crippen molar-refractivity contribution in [3.05, 3.63) is 11.3 Å². The molecule has 0 aliphatic carbocycles. The summed E-state index contributed by atoms with van der Waals surface area (Å²) in [6.07, 6.45) is 0.186. The first-order valence-corrected chi connectivity index (χ1v) is 5.45. The number of rotatable bonds is 3. The lowest BCUT2D eigenvalue weighted by atomic mass is 9.96. The lowest BCUT2D eigenvalue weighted by molar-refractivity contribution is -0.160. The largest absolute Gasteiger partial charge is 0.481 e. The van der Waals surface area contributed by atoms with Crippen molar-refractivity contribution in [3.8, 4) is 5.88 Å². The van der Waals surface area contributed by atoms with Crippen molar-refractivity contribution in [2.45, 2.75) is 25.9 Å². The monoisotopic (exact) mass is 253 g/mol. The van der Waals surface area contributed by atoms with Gasteiger partial charge in [0.1, 0.15) is 0 Å². The number of carboxylic acid groups (broad SMARTS) is 1. The Balaban J connectivity index is 2.38. The average molecular weight is 253 g/mol. The van der Waals surface area contributed by atoms with Crippen LogP contribution in [0.15, 0.2) is 5.16 Å². The molecule has 2 rings (SSSR count). The van der Waals surface area contributed by atoms with E-state index in [0.717, 1.165) is 5.69 Å². The second kappa shape index (κ2) is 4.01. The second-order valence-electron chi connectivity index (χ2n) is 4.44. The number of carbonyl (C=O) groups is 1. The predicted molar refractivity (Wildman–Crippen MR) is 62.8 cm³/mol. The molecule has 1 unspecified atom stereocenters. The zero-order valence-corrected chi connectivity index (χ0v) is 10.7. The van der Waals surface area contributed by atoms with Gasteiger partial charge < -0.3 is 14.7 Å². The molecule has 1 aromatic rings. The van der Waals surface area contributed by atoms with Crippen LogP contribution in [0.2, 0.25) is 0 Å². The Hall–Kier alpha value is -2.05. The van der Waals surface area contributed by atoms with E-state index in [0.29, 0.717) is 17.2 Å². The zero-order chi connectivity index (χ0) is 13.5. The van der Waals surface area contributed by atoms with Crippen LogP contribution in [0.3, 0.4) is 0 Å². The number of hydrogen-bond acceptors (Lipinski definition) is 5. The van der Waals surface area contributed by atoms with Crippen molar-refractivity contribution in [1.82, 2.24) is 9.78 Å². The molecule has 1 aromatic heterocycles. The fourth-order valence-corrected chi connectivity index (χ4v) is 1.99. The molecular formula is C11H15N3O4. The number of nitrogens with zero attached hydrogens (tertiary/aromatic N) is 3. The van der Waals surface area contributed by atoms with Gasteiger partial charge in [-0.15, -0.1) is 0 Å². The van der Waals surface area contributed by atoms with Gasteiger partial charge in [0.2, 0.25) is 11.5 Å². The third-order valence-corrected chi connectivity index (χ3v) is 2.97. The second-order valence-corrected chi connectivity index (χ2v) is 4.44. The van der Waals surface area contributed by atoms with E-state index < -0.39 is 11.6 Å². The summed E-state index contributed by atoms with van der Waals surface area (Å²) in [5, 5.41) is 17.2. The van der Waals surface area contributed by atoms with Crippen LogP contribution in [0.4, 0.5) is 0 Å². The molecule has 0 amide bonds. The lowest BCUT2D eigenvalue weighted by Crippen LogP contribution is -2.35. The SMILES string of the molecule is COc1c(C2=NOC(C)(C(=O)O)C2)c(C)nn1C. The van der Waals surface area contributed by atoms with E-state index in [1.165, 1.54) is 14.0 Å². The zero-order valence-electron chi connectivity index (χ0n) is 10.7. The highest BCUT2D eigenvalue weighted by Gasteiger charge is 2.43. The van der Waals surface area contributed by atoms with E-state index in [1.54, 1.807) is 11.7 Å². The van der Waals surface area contributed by atoms with Crippen LogP contribution >= 0.6 is 0 Å². The number of aromatic nitrogens is 2. The predicted octanol–water partition coefficient (Wildman–Crippen LogP) is 0.705. The van der Waals surface area contributed by atoms with Crippen molar-refractivity contribution in [2.75, 3.05) is 7.11 Å². The van der Waals surface area contributed by atoms with Crippen molar-refractivity contribution in [2.24, 2.45) is 12.2 Å². The van der Waals surface area contributed by atoms with E-state index >= 15 is 0 Å². The number of methoxy groups -OCH3 is 1. The molecule has 1 aliphatic heterocycles. The van der Waals surface area contributed by atoms with Gasteiger partial charge in [-0.25, -0.2) is 9.48 Å². The maximum atomic E-state index is 11.1. The molecule has 0 bridgehead atoms. The maximum absolute atomic E-state index is 11.1. The minimum Gasteiger partial charge on any atom is -0.481 e. The summed E-state index contributed by atoms with van der Waals surface area (Å²) in [7, 11) is 3.29. The number of ether oxygens (including phenoxy) is 1. The van der Waals surface area contributed by atoms with Crippen molar-refractivity contribution < 1.29 is 19.5 Å². The quantitative estimate of drug-likeness (QED) is 0.857. The maximum Gasteiger partial charge on any atom is 0.351 e. The summed E-state index contributed by atoms with van der Waals surface area (Å²) in [6, 6.07) is 0. The smallest absolute Gasteiger partial charge is 0.351 e. The summed E-state index contributed by atoms with van der Waals surface area (Å²) in [4.78, 5) is 16.1. The molecule has 1 aliphatic rings. The highest BCUT2D eigenvalue weighted by Crippen LogP contribution is 2.31. The molecule has 0 spiro atoms. The van der Waals surface area contributed by atoms with Gasteiger partial charge in [-0.05, 0) is 13.8 Å². The fourth-order valence-electron chi connectivity index (χ4n) is 1.99. The molecule has 18 heavy (non-hydrogen) atoms. The molecular weight excluding hydrogens is 238 g/mol. The van der Waals surface area contributed by atoms with Crippen LogP contribution in [0, 0.1) is 6.92 Å². The first-order valence-electron chi connectivity index (χ1n) is 5.45. The Morgan fingerprint density at radius 1 is 1.61 bits per heavy atom. The van der Waals surface area contributed by atoms with Crippen LogP contribution in [-0.2, 0) is 16.7 Å². The number of aliphatic carboxylic acids is 1. The molecule has 98 valence electrons. The number of hydrogen-bond donors (Lipinski definition) is 1. The Kier molecular flexibility index (Phi) is 2.76. The van der Waals surface area contributed by atoms with Crippen LogP contribution in [0.25, 0.3) is 0 Å². The molecule has 1 atom stereocenters. The Morgan fingerprint density at radius 3 is 2.78 bits per heavy atom. The minimum atomic E-state index is -1.32. The number of carboxylic acids is 1. The molecule has 1 N–H and O–H groups in total. The summed E-state index contributed by atoms with van der Waals surface area (Å²) < 4.78 is 6.84. The van der Waals surface area contributed by atoms with E-state index in [2.05, 4.69) is 10.3 Å². The van der Waals surface area contributed by atoms with E-state index in [-0.39, 0.29) is 6.42 Å². The molecule has 0 saturated heterocycles. The van der Waals surface area contributed by atoms with E-state index in [9.17, 15) is 4.79 Å². The minimum absolute atomic E-state index is 0.186. The lowest BCUT2D eigenvalue weighted by Gasteiger charge is -2.14. The molecule has 0 saturated carbocycles.